The van der Waals surface area contributed by atoms with Crippen molar-refractivity contribution in [1.82, 2.24) is 5.32 Å². The van der Waals surface area contributed by atoms with Crippen LogP contribution in [-0.2, 0) is 9.59 Å². The van der Waals surface area contributed by atoms with E-state index < -0.39 is 23.0 Å². The van der Waals surface area contributed by atoms with Crippen molar-refractivity contribution in [3.05, 3.63) is 42.5 Å². The number of carbonyl (C=O) groups is 2. The SMILES string of the molecule is C=CCNC(=O)C1(C(=O)Nc2ccc(F)c(F)c2)CC1. The molecule has 6 heteroatoms. The number of carbonyl (C=O) groups excluding carboxylic acids is 2. The number of rotatable bonds is 5. The maximum atomic E-state index is 13.1. The topological polar surface area (TPSA) is 58.2 Å². The third kappa shape index (κ3) is 2.68. The normalized spacial score (nSPS) is 15.3. The Kier molecular flexibility index (Phi) is 3.83. The minimum absolute atomic E-state index is 0.122. The van der Waals surface area contributed by atoms with E-state index in [2.05, 4.69) is 17.2 Å². The molecule has 1 aliphatic carbocycles. The Bertz CT molecular complexity index is 568. The fourth-order valence-corrected chi connectivity index (χ4v) is 1.84. The Hall–Kier alpha value is -2.24. The summed E-state index contributed by atoms with van der Waals surface area (Å²) < 4.78 is 25.8. The van der Waals surface area contributed by atoms with Crippen LogP contribution in [0.5, 0.6) is 0 Å². The van der Waals surface area contributed by atoms with Crippen molar-refractivity contribution in [2.24, 2.45) is 5.41 Å². The number of nitrogens with one attached hydrogen (secondary N) is 2. The Labute approximate surface area is 114 Å². The zero-order valence-corrected chi connectivity index (χ0v) is 10.7. The van der Waals surface area contributed by atoms with Crippen molar-refractivity contribution in [2.45, 2.75) is 12.8 Å². The summed E-state index contributed by atoms with van der Waals surface area (Å²) in [5.41, 5.74) is -0.981. The van der Waals surface area contributed by atoms with Gasteiger partial charge in [-0.1, -0.05) is 6.08 Å². The molecule has 0 unspecified atom stereocenters. The Morgan fingerprint density at radius 2 is 1.95 bits per heavy atom. The molecular weight excluding hydrogens is 266 g/mol. The second kappa shape index (κ2) is 5.40. The van der Waals surface area contributed by atoms with Crippen LogP contribution in [0.3, 0.4) is 0 Å². The van der Waals surface area contributed by atoms with E-state index in [0.29, 0.717) is 12.8 Å². The molecular formula is C14H14F2N2O2. The molecule has 2 rings (SSSR count). The molecule has 1 fully saturated rings. The summed E-state index contributed by atoms with van der Waals surface area (Å²) in [5, 5.41) is 5.01. The third-order valence-corrected chi connectivity index (χ3v) is 3.20. The van der Waals surface area contributed by atoms with Crippen LogP contribution in [-0.4, -0.2) is 18.4 Å². The summed E-state index contributed by atoms with van der Waals surface area (Å²) in [6, 6.07) is 3.04. The van der Waals surface area contributed by atoms with Crippen LogP contribution in [0.25, 0.3) is 0 Å². The van der Waals surface area contributed by atoms with Gasteiger partial charge in [0.2, 0.25) is 11.8 Å². The number of hydrogen-bond donors (Lipinski definition) is 2. The highest BCUT2D eigenvalue weighted by molar-refractivity contribution is 6.13. The third-order valence-electron chi connectivity index (χ3n) is 3.20. The monoisotopic (exact) mass is 280 g/mol. The standard InChI is InChI=1S/C14H14F2N2O2/c1-2-7-17-12(19)14(5-6-14)13(20)18-9-3-4-10(15)11(16)8-9/h2-4,8H,1,5-7H2,(H,17,19)(H,18,20). The Morgan fingerprint density at radius 1 is 1.25 bits per heavy atom. The molecule has 0 heterocycles. The highest BCUT2D eigenvalue weighted by atomic mass is 19.2. The molecule has 0 spiro atoms. The number of hydrogen-bond acceptors (Lipinski definition) is 2. The van der Waals surface area contributed by atoms with Gasteiger partial charge in [-0.05, 0) is 25.0 Å². The molecule has 1 aromatic carbocycles. The van der Waals surface area contributed by atoms with E-state index in [-0.39, 0.29) is 18.1 Å². The smallest absolute Gasteiger partial charge is 0.240 e. The van der Waals surface area contributed by atoms with Crippen LogP contribution in [0.15, 0.2) is 30.9 Å². The molecule has 20 heavy (non-hydrogen) atoms. The van der Waals surface area contributed by atoms with Gasteiger partial charge in [0.25, 0.3) is 0 Å². The molecule has 4 nitrogen and oxygen atoms in total. The van der Waals surface area contributed by atoms with E-state index in [1.54, 1.807) is 0 Å². The maximum Gasteiger partial charge on any atom is 0.240 e. The van der Waals surface area contributed by atoms with Gasteiger partial charge >= 0.3 is 0 Å². The molecule has 1 aliphatic rings. The van der Waals surface area contributed by atoms with Gasteiger partial charge < -0.3 is 10.6 Å². The summed E-state index contributed by atoms with van der Waals surface area (Å²) in [5.74, 6) is -2.93. The van der Waals surface area contributed by atoms with E-state index in [1.165, 1.54) is 12.1 Å². The summed E-state index contributed by atoms with van der Waals surface area (Å²) in [7, 11) is 0. The quantitative estimate of drug-likeness (QED) is 0.640. The first kappa shape index (κ1) is 14.2. The maximum absolute atomic E-state index is 13.1. The summed E-state index contributed by atoms with van der Waals surface area (Å²) in [6.45, 7) is 3.75. The molecule has 106 valence electrons. The fourth-order valence-electron chi connectivity index (χ4n) is 1.84. The first-order chi connectivity index (χ1) is 9.49. The van der Waals surface area contributed by atoms with E-state index in [9.17, 15) is 18.4 Å². The van der Waals surface area contributed by atoms with E-state index >= 15 is 0 Å². The van der Waals surface area contributed by atoms with E-state index in [1.807, 2.05) is 0 Å². The van der Waals surface area contributed by atoms with Gasteiger partial charge in [-0.15, -0.1) is 6.58 Å². The zero-order valence-electron chi connectivity index (χ0n) is 10.7. The summed E-state index contributed by atoms with van der Waals surface area (Å²) in [4.78, 5) is 24.0. The Morgan fingerprint density at radius 3 is 2.50 bits per heavy atom. The van der Waals surface area contributed by atoms with Crippen LogP contribution in [0, 0.1) is 17.0 Å². The van der Waals surface area contributed by atoms with Crippen molar-refractivity contribution in [1.29, 1.82) is 0 Å². The first-order valence-corrected chi connectivity index (χ1v) is 6.15. The lowest BCUT2D eigenvalue weighted by molar-refractivity contribution is -0.134. The fraction of sp³-hybridized carbons (Fsp3) is 0.286. The van der Waals surface area contributed by atoms with Gasteiger partial charge in [-0.3, -0.25) is 9.59 Å². The zero-order chi connectivity index (χ0) is 14.8. The van der Waals surface area contributed by atoms with Gasteiger partial charge in [0.15, 0.2) is 11.6 Å². The molecule has 0 radical (unpaired) electrons. The highest BCUT2D eigenvalue weighted by Crippen LogP contribution is 2.46. The average molecular weight is 280 g/mol. The Balaban J connectivity index is 2.06. The molecule has 0 aliphatic heterocycles. The van der Waals surface area contributed by atoms with Gasteiger partial charge in [-0.25, -0.2) is 8.78 Å². The van der Waals surface area contributed by atoms with Crippen molar-refractivity contribution < 1.29 is 18.4 Å². The van der Waals surface area contributed by atoms with Crippen molar-refractivity contribution in [2.75, 3.05) is 11.9 Å². The number of halogens is 2. The molecule has 0 bridgehead atoms. The minimum Gasteiger partial charge on any atom is -0.352 e. The lowest BCUT2D eigenvalue weighted by Crippen LogP contribution is -2.40. The molecule has 1 aromatic rings. The van der Waals surface area contributed by atoms with Crippen LogP contribution in [0.2, 0.25) is 0 Å². The second-order valence-electron chi connectivity index (χ2n) is 4.66. The number of amides is 2. The first-order valence-electron chi connectivity index (χ1n) is 6.15. The minimum atomic E-state index is -1.10. The van der Waals surface area contributed by atoms with E-state index in [4.69, 9.17) is 0 Å². The largest absolute Gasteiger partial charge is 0.352 e. The van der Waals surface area contributed by atoms with Gasteiger partial charge in [0.1, 0.15) is 5.41 Å². The van der Waals surface area contributed by atoms with Crippen molar-refractivity contribution >= 4 is 17.5 Å². The predicted molar refractivity (Wildman–Crippen MR) is 69.9 cm³/mol. The lowest BCUT2D eigenvalue weighted by Gasteiger charge is -2.14. The molecule has 0 saturated heterocycles. The number of benzene rings is 1. The van der Waals surface area contributed by atoms with Gasteiger partial charge in [0, 0.05) is 18.3 Å². The summed E-state index contributed by atoms with van der Waals surface area (Å²) >= 11 is 0. The number of anilines is 1. The van der Waals surface area contributed by atoms with Crippen LogP contribution < -0.4 is 10.6 Å². The van der Waals surface area contributed by atoms with Gasteiger partial charge in [0.05, 0.1) is 0 Å². The molecule has 2 N–H and O–H groups in total. The molecule has 0 atom stereocenters. The van der Waals surface area contributed by atoms with Crippen LogP contribution >= 0.6 is 0 Å². The molecule has 1 saturated carbocycles. The van der Waals surface area contributed by atoms with Crippen LogP contribution in [0.4, 0.5) is 14.5 Å². The molecule has 0 aromatic heterocycles. The van der Waals surface area contributed by atoms with E-state index in [0.717, 1.165) is 12.1 Å². The van der Waals surface area contributed by atoms with Crippen molar-refractivity contribution in [3.63, 3.8) is 0 Å². The van der Waals surface area contributed by atoms with Crippen molar-refractivity contribution in [3.8, 4) is 0 Å². The predicted octanol–water partition coefficient (Wildman–Crippen LogP) is 1.99. The molecule has 2 amide bonds. The summed E-state index contributed by atoms with van der Waals surface area (Å²) in [6.07, 6.45) is 2.39. The second-order valence-corrected chi connectivity index (χ2v) is 4.66. The van der Waals surface area contributed by atoms with Crippen LogP contribution in [0.1, 0.15) is 12.8 Å². The lowest BCUT2D eigenvalue weighted by atomic mass is 10.1. The van der Waals surface area contributed by atoms with Gasteiger partial charge in [-0.2, -0.15) is 0 Å². The average Bonchev–Trinajstić information content (AvgIpc) is 3.22. The highest BCUT2D eigenvalue weighted by Gasteiger charge is 2.56.